The molecule has 1 aliphatic heterocycles. The maximum absolute atomic E-state index is 3.88. The second-order valence-corrected chi connectivity index (χ2v) is 8.64. The summed E-state index contributed by atoms with van der Waals surface area (Å²) < 4.78 is 0. The SMILES string of the molecule is CC1CC(C)(C)CC1NCC(C)(C)N1CCN(C)CC1. The van der Waals surface area contributed by atoms with Gasteiger partial charge in [-0.1, -0.05) is 20.8 Å². The van der Waals surface area contributed by atoms with Crippen LogP contribution in [0.5, 0.6) is 0 Å². The van der Waals surface area contributed by atoms with Crippen molar-refractivity contribution in [2.45, 2.75) is 59.0 Å². The third-order valence-corrected chi connectivity index (χ3v) is 5.49. The Kier molecular flexibility index (Phi) is 4.83. The van der Waals surface area contributed by atoms with Crippen molar-refractivity contribution in [1.82, 2.24) is 15.1 Å². The maximum atomic E-state index is 3.88. The molecule has 0 radical (unpaired) electrons. The smallest absolute Gasteiger partial charge is 0.0278 e. The van der Waals surface area contributed by atoms with Crippen molar-refractivity contribution in [1.29, 1.82) is 0 Å². The van der Waals surface area contributed by atoms with Crippen molar-refractivity contribution < 1.29 is 0 Å². The average molecular weight is 281 g/mol. The van der Waals surface area contributed by atoms with Crippen LogP contribution in [0.4, 0.5) is 0 Å². The zero-order chi connectivity index (χ0) is 15.0. The fraction of sp³-hybridized carbons (Fsp3) is 1.00. The van der Waals surface area contributed by atoms with Crippen LogP contribution in [0, 0.1) is 11.3 Å². The van der Waals surface area contributed by atoms with E-state index in [2.05, 4.69) is 56.8 Å². The standard InChI is InChI=1S/C17H35N3/c1-14-11-16(2,3)12-15(14)18-13-17(4,5)20-9-7-19(6)8-10-20/h14-15,18H,7-13H2,1-6H3. The predicted octanol–water partition coefficient (Wildman–Crippen LogP) is 2.43. The lowest BCUT2D eigenvalue weighted by molar-refractivity contribution is 0.0592. The third-order valence-electron chi connectivity index (χ3n) is 5.49. The lowest BCUT2D eigenvalue weighted by Crippen LogP contribution is -2.58. The lowest BCUT2D eigenvalue weighted by Gasteiger charge is -2.44. The molecule has 0 amide bonds. The van der Waals surface area contributed by atoms with Gasteiger partial charge < -0.3 is 10.2 Å². The van der Waals surface area contributed by atoms with Gasteiger partial charge in [0.1, 0.15) is 0 Å². The van der Waals surface area contributed by atoms with Crippen LogP contribution in [0.25, 0.3) is 0 Å². The zero-order valence-corrected chi connectivity index (χ0v) is 14.5. The Morgan fingerprint density at radius 2 is 1.70 bits per heavy atom. The molecule has 2 atom stereocenters. The van der Waals surface area contributed by atoms with E-state index < -0.39 is 0 Å². The first-order valence-electron chi connectivity index (χ1n) is 8.37. The van der Waals surface area contributed by atoms with Crippen molar-refractivity contribution >= 4 is 0 Å². The van der Waals surface area contributed by atoms with Crippen LogP contribution < -0.4 is 5.32 Å². The molecule has 2 fully saturated rings. The lowest BCUT2D eigenvalue weighted by atomic mass is 9.91. The summed E-state index contributed by atoms with van der Waals surface area (Å²) in [6, 6.07) is 0.705. The molecule has 1 aliphatic carbocycles. The highest BCUT2D eigenvalue weighted by atomic mass is 15.3. The Bertz CT molecular complexity index is 316. The van der Waals surface area contributed by atoms with Crippen LogP contribution in [0.2, 0.25) is 0 Å². The van der Waals surface area contributed by atoms with Gasteiger partial charge in [0.15, 0.2) is 0 Å². The summed E-state index contributed by atoms with van der Waals surface area (Å²) in [6.45, 7) is 18.0. The molecule has 0 aromatic carbocycles. The van der Waals surface area contributed by atoms with Crippen molar-refractivity contribution in [3.8, 4) is 0 Å². The topological polar surface area (TPSA) is 18.5 Å². The summed E-state index contributed by atoms with van der Waals surface area (Å²) >= 11 is 0. The minimum atomic E-state index is 0.272. The minimum absolute atomic E-state index is 0.272. The largest absolute Gasteiger partial charge is 0.312 e. The fourth-order valence-electron chi connectivity index (χ4n) is 4.07. The average Bonchev–Trinajstić information content (AvgIpc) is 2.60. The van der Waals surface area contributed by atoms with Gasteiger partial charge in [0.2, 0.25) is 0 Å². The summed E-state index contributed by atoms with van der Waals surface area (Å²) in [5.74, 6) is 0.813. The Balaban J connectivity index is 1.83. The van der Waals surface area contributed by atoms with Gasteiger partial charge in [-0.2, -0.15) is 0 Å². The van der Waals surface area contributed by atoms with Gasteiger partial charge in [0.05, 0.1) is 0 Å². The minimum Gasteiger partial charge on any atom is -0.312 e. The molecule has 2 rings (SSSR count). The quantitative estimate of drug-likeness (QED) is 0.854. The second kappa shape index (κ2) is 5.94. The molecule has 3 nitrogen and oxygen atoms in total. The van der Waals surface area contributed by atoms with Crippen LogP contribution in [-0.2, 0) is 0 Å². The van der Waals surface area contributed by atoms with Gasteiger partial charge in [0.25, 0.3) is 0 Å². The third kappa shape index (κ3) is 3.96. The number of nitrogens with one attached hydrogen (secondary N) is 1. The van der Waals surface area contributed by atoms with Crippen LogP contribution in [0.15, 0.2) is 0 Å². The number of nitrogens with zero attached hydrogens (tertiary/aromatic N) is 2. The molecule has 1 saturated carbocycles. The number of hydrogen-bond acceptors (Lipinski definition) is 3. The first-order valence-corrected chi connectivity index (χ1v) is 8.37. The summed E-state index contributed by atoms with van der Waals surface area (Å²) in [5, 5.41) is 3.88. The monoisotopic (exact) mass is 281 g/mol. The Labute approximate surface area is 126 Å². The van der Waals surface area contributed by atoms with E-state index in [1.807, 2.05) is 0 Å². The summed E-state index contributed by atoms with van der Waals surface area (Å²) in [4.78, 5) is 5.09. The van der Waals surface area contributed by atoms with Gasteiger partial charge in [-0.3, -0.25) is 4.90 Å². The van der Waals surface area contributed by atoms with Gasteiger partial charge in [0, 0.05) is 44.3 Å². The van der Waals surface area contributed by atoms with Crippen LogP contribution in [-0.4, -0.2) is 61.2 Å². The summed E-state index contributed by atoms with van der Waals surface area (Å²) in [6.07, 6.45) is 2.69. The van der Waals surface area contributed by atoms with Crippen molar-refractivity contribution in [3.05, 3.63) is 0 Å². The normalized spacial score (nSPS) is 32.7. The molecular weight excluding hydrogens is 246 g/mol. The highest BCUT2D eigenvalue weighted by Crippen LogP contribution is 2.40. The van der Waals surface area contributed by atoms with E-state index >= 15 is 0 Å². The molecule has 0 aromatic rings. The summed E-state index contributed by atoms with van der Waals surface area (Å²) in [7, 11) is 2.23. The molecule has 2 aliphatic rings. The summed E-state index contributed by atoms with van der Waals surface area (Å²) in [5.41, 5.74) is 0.794. The van der Waals surface area contributed by atoms with E-state index in [1.165, 1.54) is 39.0 Å². The second-order valence-electron chi connectivity index (χ2n) is 8.64. The van der Waals surface area contributed by atoms with E-state index in [9.17, 15) is 0 Å². The fourth-order valence-corrected chi connectivity index (χ4v) is 4.07. The van der Waals surface area contributed by atoms with Crippen LogP contribution >= 0.6 is 0 Å². The van der Waals surface area contributed by atoms with E-state index in [1.54, 1.807) is 0 Å². The Morgan fingerprint density at radius 3 is 2.20 bits per heavy atom. The molecule has 0 bridgehead atoms. The van der Waals surface area contributed by atoms with E-state index in [0.29, 0.717) is 11.5 Å². The molecule has 2 unspecified atom stereocenters. The molecular formula is C17H35N3. The highest BCUT2D eigenvalue weighted by molar-refractivity contribution is 4.94. The van der Waals surface area contributed by atoms with E-state index in [-0.39, 0.29) is 5.54 Å². The van der Waals surface area contributed by atoms with Gasteiger partial charge in [-0.05, 0) is 45.1 Å². The number of hydrogen-bond donors (Lipinski definition) is 1. The Morgan fingerprint density at radius 1 is 1.10 bits per heavy atom. The first kappa shape index (κ1) is 16.3. The van der Waals surface area contributed by atoms with Crippen molar-refractivity contribution in [3.63, 3.8) is 0 Å². The van der Waals surface area contributed by atoms with Crippen LogP contribution in [0.3, 0.4) is 0 Å². The molecule has 3 heteroatoms. The number of rotatable bonds is 4. The van der Waals surface area contributed by atoms with E-state index in [4.69, 9.17) is 0 Å². The molecule has 1 heterocycles. The van der Waals surface area contributed by atoms with Crippen LogP contribution in [0.1, 0.15) is 47.5 Å². The number of likely N-dealkylation sites (N-methyl/N-ethyl adjacent to an activating group) is 1. The molecule has 0 aromatic heterocycles. The molecule has 20 heavy (non-hydrogen) atoms. The molecule has 118 valence electrons. The van der Waals surface area contributed by atoms with Crippen molar-refractivity contribution in [2.24, 2.45) is 11.3 Å². The highest BCUT2D eigenvalue weighted by Gasteiger charge is 2.38. The van der Waals surface area contributed by atoms with Gasteiger partial charge in [-0.15, -0.1) is 0 Å². The molecule has 1 saturated heterocycles. The zero-order valence-electron chi connectivity index (χ0n) is 14.5. The number of piperazine rings is 1. The van der Waals surface area contributed by atoms with Crippen molar-refractivity contribution in [2.75, 3.05) is 39.8 Å². The van der Waals surface area contributed by atoms with Gasteiger partial charge >= 0.3 is 0 Å². The van der Waals surface area contributed by atoms with E-state index in [0.717, 1.165) is 12.5 Å². The molecule has 1 N–H and O–H groups in total. The first-order chi connectivity index (χ1) is 9.20. The Hall–Kier alpha value is -0.120. The van der Waals surface area contributed by atoms with Gasteiger partial charge in [-0.25, -0.2) is 0 Å². The predicted molar refractivity (Wildman–Crippen MR) is 87.1 cm³/mol. The molecule has 0 spiro atoms. The maximum Gasteiger partial charge on any atom is 0.0278 e.